The zero-order valence-corrected chi connectivity index (χ0v) is 10.4. The third kappa shape index (κ3) is 2.76. The summed E-state index contributed by atoms with van der Waals surface area (Å²) in [7, 11) is 0. The number of nitrogens with two attached hydrogens (primary N) is 1. The first kappa shape index (κ1) is 10.6. The number of nitrogen functional groups attached to an aromatic ring is 1. The zero-order chi connectivity index (χ0) is 10.7. The Hall–Kier alpha value is -0.940. The molecule has 3 nitrogen and oxygen atoms in total. The molecule has 0 bridgehead atoms. The van der Waals surface area contributed by atoms with E-state index < -0.39 is 0 Å². The molecular formula is C10H10BrN3S. The molecule has 0 spiro atoms. The van der Waals surface area contributed by atoms with Gasteiger partial charge in [-0.05, 0) is 18.1 Å². The normalized spacial score (nSPS) is 10.5. The van der Waals surface area contributed by atoms with E-state index in [1.807, 2.05) is 18.2 Å². The highest BCUT2D eigenvalue weighted by Crippen LogP contribution is 2.19. The lowest BCUT2D eigenvalue weighted by molar-refractivity contribution is 0.902. The lowest BCUT2D eigenvalue weighted by Gasteiger charge is -2.01. The number of hydrogen-bond acceptors (Lipinski definition) is 4. The van der Waals surface area contributed by atoms with Gasteiger partial charge in [0.2, 0.25) is 5.13 Å². The number of aryl methyl sites for hydroxylation is 2. The van der Waals surface area contributed by atoms with Crippen LogP contribution in [0.1, 0.15) is 10.6 Å². The lowest BCUT2D eigenvalue weighted by Crippen LogP contribution is -1.91. The smallest absolute Gasteiger partial charge is 0.203 e. The number of nitrogens with zero attached hydrogens (tertiary/aromatic N) is 2. The summed E-state index contributed by atoms with van der Waals surface area (Å²) in [6, 6.07) is 8.20. The van der Waals surface area contributed by atoms with Gasteiger partial charge in [0.1, 0.15) is 5.01 Å². The Kier molecular flexibility index (Phi) is 3.33. The molecule has 15 heavy (non-hydrogen) atoms. The summed E-state index contributed by atoms with van der Waals surface area (Å²) in [5.74, 6) is 0. The van der Waals surface area contributed by atoms with Crippen LogP contribution in [0.2, 0.25) is 0 Å². The number of aromatic nitrogens is 2. The predicted octanol–water partition coefficient (Wildman–Crippen LogP) is 2.67. The molecule has 1 heterocycles. The van der Waals surface area contributed by atoms with Crippen LogP contribution < -0.4 is 5.73 Å². The van der Waals surface area contributed by atoms with Crippen LogP contribution in [0.5, 0.6) is 0 Å². The minimum absolute atomic E-state index is 0.539. The minimum Gasteiger partial charge on any atom is -0.374 e. The summed E-state index contributed by atoms with van der Waals surface area (Å²) in [6.45, 7) is 0. The Morgan fingerprint density at radius 2 is 2.00 bits per heavy atom. The van der Waals surface area contributed by atoms with Crippen molar-refractivity contribution in [2.45, 2.75) is 12.8 Å². The van der Waals surface area contributed by atoms with Crippen molar-refractivity contribution in [1.82, 2.24) is 10.2 Å². The van der Waals surface area contributed by atoms with Gasteiger partial charge in [-0.3, -0.25) is 0 Å². The fraction of sp³-hybridized carbons (Fsp3) is 0.200. The van der Waals surface area contributed by atoms with Crippen molar-refractivity contribution in [2.24, 2.45) is 0 Å². The third-order valence-electron chi connectivity index (χ3n) is 2.05. The first-order valence-corrected chi connectivity index (χ1v) is 6.18. The molecule has 1 aromatic carbocycles. The molecular weight excluding hydrogens is 274 g/mol. The first-order valence-electron chi connectivity index (χ1n) is 4.57. The van der Waals surface area contributed by atoms with Gasteiger partial charge in [-0.15, -0.1) is 10.2 Å². The Morgan fingerprint density at radius 1 is 1.20 bits per heavy atom. The molecule has 5 heteroatoms. The fourth-order valence-electron chi connectivity index (χ4n) is 1.31. The van der Waals surface area contributed by atoms with Crippen molar-refractivity contribution >= 4 is 32.4 Å². The second kappa shape index (κ2) is 4.72. The monoisotopic (exact) mass is 283 g/mol. The highest BCUT2D eigenvalue weighted by Gasteiger charge is 2.03. The molecule has 0 amide bonds. The summed E-state index contributed by atoms with van der Waals surface area (Å²) < 4.78 is 1.14. The molecule has 0 unspecified atom stereocenters. The van der Waals surface area contributed by atoms with Crippen molar-refractivity contribution < 1.29 is 0 Å². The van der Waals surface area contributed by atoms with E-state index in [1.54, 1.807) is 0 Å². The highest BCUT2D eigenvalue weighted by atomic mass is 79.9. The number of hydrogen-bond donors (Lipinski definition) is 1. The largest absolute Gasteiger partial charge is 0.374 e. The van der Waals surface area contributed by atoms with E-state index in [-0.39, 0.29) is 0 Å². The number of rotatable bonds is 3. The summed E-state index contributed by atoms with van der Waals surface area (Å²) in [4.78, 5) is 0. The van der Waals surface area contributed by atoms with Gasteiger partial charge in [-0.2, -0.15) is 0 Å². The average molecular weight is 284 g/mol. The van der Waals surface area contributed by atoms with Crippen LogP contribution in [0.25, 0.3) is 0 Å². The van der Waals surface area contributed by atoms with Crippen molar-refractivity contribution in [3.63, 3.8) is 0 Å². The van der Waals surface area contributed by atoms with Crippen LogP contribution >= 0.6 is 27.3 Å². The molecule has 0 aliphatic heterocycles. The van der Waals surface area contributed by atoms with Gasteiger partial charge in [-0.1, -0.05) is 45.5 Å². The summed E-state index contributed by atoms with van der Waals surface area (Å²) >= 11 is 4.97. The van der Waals surface area contributed by atoms with Crippen molar-refractivity contribution in [1.29, 1.82) is 0 Å². The van der Waals surface area contributed by atoms with Crippen molar-refractivity contribution in [2.75, 3.05) is 5.73 Å². The van der Waals surface area contributed by atoms with E-state index in [9.17, 15) is 0 Å². The van der Waals surface area contributed by atoms with E-state index in [4.69, 9.17) is 5.73 Å². The van der Waals surface area contributed by atoms with E-state index in [0.29, 0.717) is 5.13 Å². The summed E-state index contributed by atoms with van der Waals surface area (Å²) in [6.07, 6.45) is 1.84. The molecule has 0 atom stereocenters. The molecule has 78 valence electrons. The Labute approximate surface area is 100 Å². The molecule has 2 N–H and O–H groups in total. The summed E-state index contributed by atoms with van der Waals surface area (Å²) in [5, 5.41) is 9.30. The molecule has 0 aliphatic rings. The Bertz CT molecular complexity index is 455. The topological polar surface area (TPSA) is 51.8 Å². The zero-order valence-electron chi connectivity index (χ0n) is 7.98. The average Bonchev–Trinajstić information content (AvgIpc) is 2.63. The molecule has 0 fully saturated rings. The predicted molar refractivity (Wildman–Crippen MR) is 65.9 cm³/mol. The second-order valence-electron chi connectivity index (χ2n) is 3.13. The lowest BCUT2D eigenvalue weighted by atomic mass is 10.1. The SMILES string of the molecule is Nc1nnc(CCc2ccccc2Br)s1. The standard InChI is InChI=1S/C10H10BrN3S/c11-8-4-2-1-3-7(8)5-6-9-13-14-10(12)15-9/h1-4H,5-6H2,(H2,12,14). The molecule has 1 aromatic heterocycles. The number of benzene rings is 1. The Balaban J connectivity index is 2.02. The van der Waals surface area contributed by atoms with E-state index in [2.05, 4.69) is 32.2 Å². The van der Waals surface area contributed by atoms with Crippen LogP contribution in [0.4, 0.5) is 5.13 Å². The van der Waals surface area contributed by atoms with Crippen LogP contribution in [-0.2, 0) is 12.8 Å². The maximum atomic E-state index is 5.51. The van der Waals surface area contributed by atoms with Gasteiger partial charge in [0.05, 0.1) is 0 Å². The van der Waals surface area contributed by atoms with Gasteiger partial charge in [0.15, 0.2) is 0 Å². The third-order valence-corrected chi connectivity index (χ3v) is 3.63. The molecule has 0 saturated heterocycles. The van der Waals surface area contributed by atoms with Crippen molar-refractivity contribution in [3.05, 3.63) is 39.3 Å². The fourth-order valence-corrected chi connectivity index (χ4v) is 2.40. The Morgan fingerprint density at radius 3 is 2.67 bits per heavy atom. The maximum absolute atomic E-state index is 5.51. The van der Waals surface area contributed by atoms with E-state index in [0.717, 1.165) is 22.3 Å². The van der Waals surface area contributed by atoms with Crippen molar-refractivity contribution in [3.8, 4) is 0 Å². The van der Waals surface area contributed by atoms with Gasteiger partial charge >= 0.3 is 0 Å². The molecule has 0 aliphatic carbocycles. The molecule has 0 saturated carbocycles. The number of halogens is 1. The first-order chi connectivity index (χ1) is 7.25. The number of anilines is 1. The second-order valence-corrected chi connectivity index (χ2v) is 5.07. The molecule has 0 radical (unpaired) electrons. The van der Waals surface area contributed by atoms with Crippen LogP contribution in [0.15, 0.2) is 28.7 Å². The molecule has 2 rings (SSSR count). The maximum Gasteiger partial charge on any atom is 0.203 e. The van der Waals surface area contributed by atoms with Crippen LogP contribution in [0, 0.1) is 0 Å². The van der Waals surface area contributed by atoms with E-state index >= 15 is 0 Å². The quantitative estimate of drug-likeness (QED) is 0.942. The highest BCUT2D eigenvalue weighted by molar-refractivity contribution is 9.10. The minimum atomic E-state index is 0.539. The molecule has 2 aromatic rings. The van der Waals surface area contributed by atoms with Gasteiger partial charge in [0.25, 0.3) is 0 Å². The summed E-state index contributed by atoms with van der Waals surface area (Å²) in [5.41, 5.74) is 6.80. The van der Waals surface area contributed by atoms with Gasteiger partial charge in [-0.25, -0.2) is 0 Å². The van der Waals surface area contributed by atoms with E-state index in [1.165, 1.54) is 16.9 Å². The van der Waals surface area contributed by atoms with Crippen LogP contribution in [-0.4, -0.2) is 10.2 Å². The van der Waals surface area contributed by atoms with Gasteiger partial charge < -0.3 is 5.73 Å². The van der Waals surface area contributed by atoms with Gasteiger partial charge in [0, 0.05) is 10.9 Å². The van der Waals surface area contributed by atoms with Crippen LogP contribution in [0.3, 0.4) is 0 Å².